The number of carbonyl (C=O) groups is 1. The van der Waals surface area contributed by atoms with Gasteiger partial charge in [0.25, 0.3) is 0 Å². The van der Waals surface area contributed by atoms with Gasteiger partial charge in [0.15, 0.2) is 5.75 Å². The minimum Gasteiger partial charge on any atom is -0.505 e. The van der Waals surface area contributed by atoms with Gasteiger partial charge in [-0.2, -0.15) is 0 Å². The number of hydrogen-bond donors (Lipinski definition) is 3. The van der Waals surface area contributed by atoms with Crippen LogP contribution in [0.1, 0.15) is 11.7 Å². The first-order chi connectivity index (χ1) is 11.1. The summed E-state index contributed by atoms with van der Waals surface area (Å²) in [6.45, 7) is 1.10. The van der Waals surface area contributed by atoms with Crippen LogP contribution in [0.25, 0.3) is 0 Å². The Morgan fingerprint density at radius 3 is 2.61 bits per heavy atom. The number of hydrogen-bond acceptors (Lipinski definition) is 6. The summed E-state index contributed by atoms with van der Waals surface area (Å²) in [6.07, 6.45) is 1.42. The summed E-state index contributed by atoms with van der Waals surface area (Å²) in [5.74, 6) is 0.379. The van der Waals surface area contributed by atoms with E-state index < -0.39 is 6.09 Å². The Bertz CT molecular complexity index is 675. The molecule has 0 aliphatic carbocycles. The Kier molecular flexibility index (Phi) is 4.24. The molecule has 1 aliphatic heterocycles. The maximum Gasteiger partial charge on any atom is 0.407 e. The third-order valence-corrected chi connectivity index (χ3v) is 3.51. The highest BCUT2D eigenvalue weighted by Crippen LogP contribution is 2.24. The normalized spacial score (nSPS) is 17.7. The van der Waals surface area contributed by atoms with E-state index in [9.17, 15) is 4.79 Å². The molecule has 0 bridgehead atoms. The highest BCUT2D eigenvalue weighted by molar-refractivity contribution is 5.65. The number of morpholine rings is 1. The second-order valence-electron chi connectivity index (χ2n) is 5.10. The van der Waals surface area contributed by atoms with Crippen molar-refractivity contribution in [1.29, 1.82) is 0 Å². The third-order valence-electron chi connectivity index (χ3n) is 3.51. The van der Waals surface area contributed by atoms with Crippen LogP contribution in [0.4, 0.5) is 16.4 Å². The smallest absolute Gasteiger partial charge is 0.407 e. The topological polar surface area (TPSA) is 108 Å². The van der Waals surface area contributed by atoms with Gasteiger partial charge in [0.05, 0.1) is 25.5 Å². The first-order valence-electron chi connectivity index (χ1n) is 7.09. The van der Waals surface area contributed by atoms with E-state index in [1.807, 2.05) is 24.3 Å². The van der Waals surface area contributed by atoms with E-state index >= 15 is 0 Å². The zero-order valence-electron chi connectivity index (χ0n) is 12.2. The summed E-state index contributed by atoms with van der Waals surface area (Å²) < 4.78 is 5.64. The van der Waals surface area contributed by atoms with Crippen molar-refractivity contribution in [3.05, 3.63) is 42.2 Å². The highest BCUT2D eigenvalue weighted by atomic mass is 16.5. The zero-order chi connectivity index (χ0) is 16.2. The molecule has 8 heteroatoms. The van der Waals surface area contributed by atoms with Gasteiger partial charge in [-0.3, -0.25) is 0 Å². The van der Waals surface area contributed by atoms with Crippen molar-refractivity contribution in [2.45, 2.75) is 6.10 Å². The second kappa shape index (κ2) is 6.49. The van der Waals surface area contributed by atoms with E-state index in [0.717, 1.165) is 11.3 Å². The first kappa shape index (κ1) is 15.0. The fraction of sp³-hybridized carbons (Fsp3) is 0.267. The van der Waals surface area contributed by atoms with Gasteiger partial charge in [0.1, 0.15) is 6.10 Å². The summed E-state index contributed by atoms with van der Waals surface area (Å²) in [4.78, 5) is 20.3. The van der Waals surface area contributed by atoms with Gasteiger partial charge in [0, 0.05) is 12.2 Å². The molecule has 120 valence electrons. The van der Waals surface area contributed by atoms with Crippen molar-refractivity contribution >= 4 is 17.7 Å². The molecule has 1 amide bonds. The number of rotatable bonds is 3. The Morgan fingerprint density at radius 2 is 1.96 bits per heavy atom. The quantitative estimate of drug-likeness (QED) is 0.794. The number of nitrogens with zero attached hydrogens (tertiary/aromatic N) is 3. The number of carboxylic acid groups (broad SMARTS) is 1. The molecule has 3 N–H and O–H groups in total. The Morgan fingerprint density at radius 1 is 1.26 bits per heavy atom. The molecule has 1 unspecified atom stereocenters. The molecule has 3 rings (SSSR count). The van der Waals surface area contributed by atoms with Gasteiger partial charge in [-0.25, -0.2) is 14.8 Å². The Labute approximate surface area is 132 Å². The summed E-state index contributed by atoms with van der Waals surface area (Å²) in [6, 6.07) is 7.43. The Balaban J connectivity index is 1.67. The first-order valence-corrected chi connectivity index (χ1v) is 7.09. The van der Waals surface area contributed by atoms with Crippen molar-refractivity contribution in [2.24, 2.45) is 0 Å². The lowest BCUT2D eigenvalue weighted by Crippen LogP contribution is -2.41. The van der Waals surface area contributed by atoms with Gasteiger partial charge in [-0.1, -0.05) is 12.1 Å². The SMILES string of the molecule is O=C(O)N1CCOC(c2ccc(Nc3ncc(O)cn3)cc2)C1. The lowest BCUT2D eigenvalue weighted by molar-refractivity contribution is -0.0231. The average molecular weight is 316 g/mol. The van der Waals surface area contributed by atoms with Crippen LogP contribution in [-0.2, 0) is 4.74 Å². The number of aromatic hydroxyl groups is 1. The number of ether oxygens (including phenoxy) is 1. The molecule has 0 spiro atoms. The number of amides is 1. The fourth-order valence-electron chi connectivity index (χ4n) is 2.32. The predicted octanol–water partition coefficient (Wildman–Crippen LogP) is 1.98. The molecule has 1 saturated heterocycles. The van der Waals surface area contributed by atoms with Crippen LogP contribution >= 0.6 is 0 Å². The molecule has 0 radical (unpaired) electrons. The van der Waals surface area contributed by atoms with Crippen molar-refractivity contribution in [3.8, 4) is 5.75 Å². The summed E-state index contributed by atoms with van der Waals surface area (Å²) >= 11 is 0. The molecule has 23 heavy (non-hydrogen) atoms. The molecule has 1 aromatic carbocycles. The van der Waals surface area contributed by atoms with Crippen LogP contribution in [0.2, 0.25) is 0 Å². The number of aromatic nitrogens is 2. The molecule has 8 nitrogen and oxygen atoms in total. The average Bonchev–Trinajstić information content (AvgIpc) is 2.58. The van der Waals surface area contributed by atoms with Crippen LogP contribution in [0.15, 0.2) is 36.7 Å². The molecule has 0 saturated carbocycles. The van der Waals surface area contributed by atoms with E-state index in [4.69, 9.17) is 14.9 Å². The lowest BCUT2D eigenvalue weighted by Gasteiger charge is -2.31. The maximum atomic E-state index is 11.0. The fourth-order valence-corrected chi connectivity index (χ4v) is 2.32. The molecule has 1 aromatic heterocycles. The molecule has 2 heterocycles. The standard InChI is InChI=1S/C15H16N4O4/c20-12-7-16-14(17-8-12)18-11-3-1-10(2-4-11)13-9-19(15(21)22)5-6-23-13/h1-4,7-8,13,20H,5-6,9H2,(H,21,22)(H,16,17,18). The van der Waals surface area contributed by atoms with E-state index in [-0.39, 0.29) is 11.9 Å². The largest absolute Gasteiger partial charge is 0.505 e. The maximum absolute atomic E-state index is 11.0. The summed E-state index contributed by atoms with van der Waals surface area (Å²) in [7, 11) is 0. The third kappa shape index (κ3) is 3.67. The van der Waals surface area contributed by atoms with Crippen LogP contribution in [0.5, 0.6) is 5.75 Å². The Hall–Kier alpha value is -2.87. The molecular formula is C15H16N4O4. The molecular weight excluding hydrogens is 300 g/mol. The lowest BCUT2D eigenvalue weighted by atomic mass is 10.1. The van der Waals surface area contributed by atoms with E-state index in [1.165, 1.54) is 17.3 Å². The van der Waals surface area contributed by atoms with E-state index in [0.29, 0.717) is 25.6 Å². The molecule has 1 aliphatic rings. The number of nitrogens with one attached hydrogen (secondary N) is 1. The van der Waals surface area contributed by atoms with Crippen LogP contribution in [0, 0.1) is 0 Å². The van der Waals surface area contributed by atoms with Crippen molar-refractivity contribution in [1.82, 2.24) is 14.9 Å². The van der Waals surface area contributed by atoms with Crippen molar-refractivity contribution in [3.63, 3.8) is 0 Å². The number of anilines is 2. The minimum absolute atomic E-state index is 0.00308. The monoisotopic (exact) mass is 316 g/mol. The van der Waals surface area contributed by atoms with Crippen LogP contribution in [-0.4, -0.2) is 50.9 Å². The molecule has 2 aromatic rings. The molecule has 1 fully saturated rings. The molecule has 1 atom stereocenters. The summed E-state index contributed by atoms with van der Waals surface area (Å²) in [5, 5.41) is 21.2. The highest BCUT2D eigenvalue weighted by Gasteiger charge is 2.24. The van der Waals surface area contributed by atoms with Gasteiger partial charge in [-0.05, 0) is 17.7 Å². The van der Waals surface area contributed by atoms with E-state index in [2.05, 4.69) is 15.3 Å². The van der Waals surface area contributed by atoms with Gasteiger partial charge in [0.2, 0.25) is 5.95 Å². The van der Waals surface area contributed by atoms with Crippen LogP contribution < -0.4 is 5.32 Å². The number of benzene rings is 1. The van der Waals surface area contributed by atoms with E-state index in [1.54, 1.807) is 0 Å². The minimum atomic E-state index is -0.930. The van der Waals surface area contributed by atoms with Gasteiger partial charge >= 0.3 is 6.09 Å². The summed E-state index contributed by atoms with van der Waals surface area (Å²) in [5.41, 5.74) is 1.69. The zero-order valence-corrected chi connectivity index (χ0v) is 12.2. The van der Waals surface area contributed by atoms with Crippen molar-refractivity contribution < 1.29 is 19.7 Å². The second-order valence-corrected chi connectivity index (χ2v) is 5.10. The predicted molar refractivity (Wildman–Crippen MR) is 81.7 cm³/mol. The van der Waals surface area contributed by atoms with Gasteiger partial charge in [-0.15, -0.1) is 0 Å². The van der Waals surface area contributed by atoms with Crippen LogP contribution in [0.3, 0.4) is 0 Å². The van der Waals surface area contributed by atoms with Gasteiger partial charge < -0.3 is 25.2 Å². The van der Waals surface area contributed by atoms with Crippen molar-refractivity contribution in [2.75, 3.05) is 25.0 Å².